The number of nitrogens with one attached hydrogen (secondary N) is 2. The fourth-order valence-electron chi connectivity index (χ4n) is 5.66. The zero-order valence-corrected chi connectivity index (χ0v) is 23.7. The van der Waals surface area contributed by atoms with E-state index in [1.165, 1.54) is 13.4 Å². The third-order valence-electron chi connectivity index (χ3n) is 7.76. The van der Waals surface area contributed by atoms with Crippen LogP contribution in [0.25, 0.3) is 10.9 Å². The molecule has 0 spiro atoms. The maximum atomic E-state index is 13.5. The largest absolute Gasteiger partial charge is 0.496 e. The molecule has 9 nitrogen and oxygen atoms in total. The standard InChI is InChI=1S/C28H38N4O5S/c1-18-16-25(37-4)23(27(33)30-18)17-29-28(34)26-20(3)32(24-9-7-6-8-22(24)26)19(2)21-10-12-31(13-11-21)14-15-38(5,35)36/h6-9,16,19,21H,10-15,17H2,1-5H3,(H,29,34)(H,30,33). The molecule has 1 fully saturated rings. The summed E-state index contributed by atoms with van der Waals surface area (Å²) in [4.78, 5) is 31.0. The number of aromatic amines is 1. The molecule has 1 unspecified atom stereocenters. The van der Waals surface area contributed by atoms with Gasteiger partial charge in [-0.3, -0.25) is 9.59 Å². The number of pyridine rings is 1. The molecule has 1 aromatic carbocycles. The van der Waals surface area contributed by atoms with Crippen LogP contribution in [0.15, 0.2) is 35.1 Å². The fraction of sp³-hybridized carbons (Fsp3) is 0.500. The lowest BCUT2D eigenvalue weighted by Crippen LogP contribution is -2.38. The molecule has 0 bridgehead atoms. The number of sulfone groups is 1. The normalized spacial score (nSPS) is 16.0. The number of ether oxygens (including phenoxy) is 1. The number of carbonyl (C=O) groups is 1. The molecule has 1 aliphatic heterocycles. The maximum absolute atomic E-state index is 13.5. The highest BCUT2D eigenvalue weighted by atomic mass is 32.2. The van der Waals surface area contributed by atoms with Gasteiger partial charge >= 0.3 is 0 Å². The highest BCUT2D eigenvalue weighted by Gasteiger charge is 2.29. The Morgan fingerprint density at radius 2 is 1.89 bits per heavy atom. The van der Waals surface area contributed by atoms with E-state index in [9.17, 15) is 18.0 Å². The van der Waals surface area contributed by atoms with Gasteiger partial charge in [0.05, 0.1) is 30.5 Å². The molecule has 206 valence electrons. The molecule has 3 aromatic rings. The molecule has 0 aliphatic carbocycles. The molecular weight excluding hydrogens is 504 g/mol. The first-order chi connectivity index (χ1) is 18.0. The molecule has 2 aromatic heterocycles. The average Bonchev–Trinajstić information content (AvgIpc) is 3.17. The SMILES string of the molecule is COc1cc(C)[nH]c(=O)c1CNC(=O)c1c(C)n(C(C)C2CCN(CCS(C)(=O)=O)CC2)c2ccccc12. The van der Waals surface area contributed by atoms with E-state index in [0.29, 0.717) is 35.0 Å². The van der Waals surface area contributed by atoms with Crippen molar-refractivity contribution in [2.45, 2.75) is 46.2 Å². The van der Waals surface area contributed by atoms with Crippen LogP contribution in [-0.2, 0) is 16.4 Å². The van der Waals surface area contributed by atoms with Crippen molar-refractivity contribution in [1.29, 1.82) is 0 Å². The molecule has 1 saturated heterocycles. The minimum Gasteiger partial charge on any atom is -0.496 e. The Morgan fingerprint density at radius 1 is 1.21 bits per heavy atom. The molecule has 3 heterocycles. The fourth-order valence-corrected chi connectivity index (χ4v) is 6.25. The van der Waals surface area contributed by atoms with Crippen molar-refractivity contribution in [2.75, 3.05) is 38.8 Å². The van der Waals surface area contributed by atoms with Crippen LogP contribution in [0.5, 0.6) is 5.75 Å². The third kappa shape index (κ3) is 5.96. The number of H-pyrrole nitrogens is 1. The van der Waals surface area contributed by atoms with Crippen LogP contribution < -0.4 is 15.6 Å². The van der Waals surface area contributed by atoms with E-state index in [2.05, 4.69) is 26.7 Å². The Bertz CT molecular complexity index is 1480. The quantitative estimate of drug-likeness (QED) is 0.429. The first-order valence-electron chi connectivity index (χ1n) is 13.0. The smallest absolute Gasteiger partial charge is 0.256 e. The predicted molar refractivity (Wildman–Crippen MR) is 150 cm³/mol. The summed E-state index contributed by atoms with van der Waals surface area (Å²) in [5.41, 5.74) is 3.30. The summed E-state index contributed by atoms with van der Waals surface area (Å²) in [5.74, 6) is 0.808. The second-order valence-corrected chi connectivity index (χ2v) is 12.7. The van der Waals surface area contributed by atoms with Crippen molar-refractivity contribution >= 4 is 26.6 Å². The summed E-state index contributed by atoms with van der Waals surface area (Å²) < 4.78 is 30.7. The number of fused-ring (bicyclic) bond motifs is 1. The van der Waals surface area contributed by atoms with E-state index in [0.717, 1.165) is 42.5 Å². The van der Waals surface area contributed by atoms with Gasteiger partial charge in [-0.15, -0.1) is 0 Å². The third-order valence-corrected chi connectivity index (χ3v) is 8.68. The molecule has 1 atom stereocenters. The Hall–Kier alpha value is -3.11. The van der Waals surface area contributed by atoms with Gasteiger partial charge in [0.15, 0.2) is 0 Å². The number of piperidine rings is 1. The lowest BCUT2D eigenvalue weighted by atomic mass is 9.90. The van der Waals surface area contributed by atoms with Gasteiger partial charge in [-0.1, -0.05) is 18.2 Å². The monoisotopic (exact) mass is 542 g/mol. The van der Waals surface area contributed by atoms with Gasteiger partial charge in [-0.2, -0.15) is 0 Å². The number of carbonyl (C=O) groups excluding carboxylic acids is 1. The number of hydrogen-bond acceptors (Lipinski definition) is 6. The Balaban J connectivity index is 1.55. The summed E-state index contributed by atoms with van der Waals surface area (Å²) in [5, 5.41) is 3.82. The Morgan fingerprint density at radius 3 is 2.55 bits per heavy atom. The summed E-state index contributed by atoms with van der Waals surface area (Å²) in [6.45, 7) is 8.32. The number of nitrogens with zero attached hydrogens (tertiary/aromatic N) is 2. The molecule has 1 aliphatic rings. The van der Waals surface area contributed by atoms with Crippen molar-refractivity contribution < 1.29 is 17.9 Å². The number of amides is 1. The number of rotatable bonds is 9. The Labute approximate surface area is 224 Å². The van der Waals surface area contributed by atoms with E-state index >= 15 is 0 Å². The van der Waals surface area contributed by atoms with Crippen LogP contribution in [0.1, 0.15) is 53.1 Å². The van der Waals surface area contributed by atoms with Gasteiger partial charge in [0.2, 0.25) is 0 Å². The number of aromatic nitrogens is 2. The lowest BCUT2D eigenvalue weighted by Gasteiger charge is -2.36. The zero-order valence-electron chi connectivity index (χ0n) is 22.8. The minimum atomic E-state index is -2.97. The number of methoxy groups -OCH3 is 1. The predicted octanol–water partition coefficient (Wildman–Crippen LogP) is 3.20. The van der Waals surface area contributed by atoms with Crippen molar-refractivity contribution in [2.24, 2.45) is 5.92 Å². The summed E-state index contributed by atoms with van der Waals surface area (Å²) in [7, 11) is -1.46. The molecule has 2 N–H and O–H groups in total. The van der Waals surface area contributed by atoms with E-state index in [1.807, 2.05) is 31.2 Å². The average molecular weight is 543 g/mol. The minimum absolute atomic E-state index is 0.0536. The number of hydrogen-bond donors (Lipinski definition) is 2. The number of para-hydroxylation sites is 1. The van der Waals surface area contributed by atoms with Gasteiger partial charge < -0.3 is 24.5 Å². The number of aryl methyl sites for hydroxylation is 1. The van der Waals surface area contributed by atoms with Gasteiger partial charge in [0, 0.05) is 41.1 Å². The summed E-state index contributed by atoms with van der Waals surface area (Å²) in [6.07, 6.45) is 3.22. The highest BCUT2D eigenvalue weighted by Crippen LogP contribution is 2.35. The molecule has 38 heavy (non-hydrogen) atoms. The van der Waals surface area contributed by atoms with E-state index in [1.54, 1.807) is 13.0 Å². The topological polar surface area (TPSA) is 114 Å². The van der Waals surface area contributed by atoms with Crippen molar-refractivity contribution in [3.05, 3.63) is 63.2 Å². The number of benzene rings is 1. The summed E-state index contributed by atoms with van der Waals surface area (Å²) in [6, 6.07) is 9.84. The maximum Gasteiger partial charge on any atom is 0.256 e. The molecular formula is C28H38N4O5S. The van der Waals surface area contributed by atoms with Gasteiger partial charge in [0.1, 0.15) is 15.6 Å². The van der Waals surface area contributed by atoms with E-state index < -0.39 is 9.84 Å². The summed E-state index contributed by atoms with van der Waals surface area (Å²) >= 11 is 0. The van der Waals surface area contributed by atoms with Crippen LogP contribution in [0.4, 0.5) is 0 Å². The first kappa shape index (κ1) is 27.9. The van der Waals surface area contributed by atoms with Gasteiger partial charge in [-0.05, 0) is 64.8 Å². The second kappa shape index (κ2) is 11.3. The molecule has 0 saturated carbocycles. The van der Waals surface area contributed by atoms with Crippen LogP contribution in [0.3, 0.4) is 0 Å². The van der Waals surface area contributed by atoms with Crippen LogP contribution in [0.2, 0.25) is 0 Å². The van der Waals surface area contributed by atoms with Crippen molar-refractivity contribution in [3.8, 4) is 5.75 Å². The molecule has 0 radical (unpaired) electrons. The van der Waals surface area contributed by atoms with E-state index in [-0.39, 0.29) is 29.8 Å². The second-order valence-electron chi connectivity index (χ2n) is 10.4. The van der Waals surface area contributed by atoms with Crippen LogP contribution >= 0.6 is 0 Å². The van der Waals surface area contributed by atoms with Crippen molar-refractivity contribution in [1.82, 2.24) is 19.8 Å². The molecule has 1 amide bonds. The number of likely N-dealkylation sites (tertiary alicyclic amines) is 1. The molecule has 10 heteroatoms. The van der Waals surface area contributed by atoms with Gasteiger partial charge in [0.25, 0.3) is 11.5 Å². The Kier molecular flexibility index (Phi) is 8.32. The van der Waals surface area contributed by atoms with Crippen LogP contribution in [-0.4, -0.2) is 67.5 Å². The molecule has 4 rings (SSSR count). The van der Waals surface area contributed by atoms with Crippen molar-refractivity contribution in [3.63, 3.8) is 0 Å². The van der Waals surface area contributed by atoms with E-state index in [4.69, 9.17) is 4.74 Å². The lowest BCUT2D eigenvalue weighted by molar-refractivity contribution is 0.0951. The van der Waals surface area contributed by atoms with Crippen LogP contribution in [0, 0.1) is 19.8 Å². The first-order valence-corrected chi connectivity index (χ1v) is 15.1. The zero-order chi connectivity index (χ0) is 27.6. The van der Waals surface area contributed by atoms with Gasteiger partial charge in [-0.25, -0.2) is 8.42 Å². The highest BCUT2D eigenvalue weighted by molar-refractivity contribution is 7.90.